The summed E-state index contributed by atoms with van der Waals surface area (Å²) in [4.78, 5) is 24.6. The Kier molecular flexibility index (Phi) is 3.43. The van der Waals surface area contributed by atoms with Gasteiger partial charge in [-0.05, 0) is 31.0 Å². The summed E-state index contributed by atoms with van der Waals surface area (Å²) in [6.07, 6.45) is 1.17. The zero-order valence-electron chi connectivity index (χ0n) is 9.60. The number of carbonyl (C=O) groups is 2. The molecule has 5 nitrogen and oxygen atoms in total. The molecule has 0 saturated carbocycles. The van der Waals surface area contributed by atoms with E-state index >= 15 is 0 Å². The summed E-state index contributed by atoms with van der Waals surface area (Å²) in [5.41, 5.74) is 6.31. The summed E-state index contributed by atoms with van der Waals surface area (Å²) >= 11 is 5.96. The molecule has 0 bridgehead atoms. The zero-order chi connectivity index (χ0) is 13.3. The van der Waals surface area contributed by atoms with E-state index in [1.54, 1.807) is 6.07 Å². The number of aliphatic carboxylic acids is 1. The van der Waals surface area contributed by atoms with Crippen molar-refractivity contribution in [1.29, 1.82) is 0 Å². The Labute approximate surface area is 109 Å². The summed E-state index contributed by atoms with van der Waals surface area (Å²) in [5, 5.41) is 9.29. The van der Waals surface area contributed by atoms with Crippen molar-refractivity contribution >= 4 is 29.2 Å². The van der Waals surface area contributed by atoms with E-state index in [0.29, 0.717) is 30.6 Å². The van der Waals surface area contributed by atoms with Crippen molar-refractivity contribution in [3.8, 4) is 0 Å². The first kappa shape index (κ1) is 12.7. The molecule has 1 aromatic rings. The molecule has 1 fully saturated rings. The number of halogens is 1. The number of nitrogens with zero attached hydrogens (tertiary/aromatic N) is 1. The van der Waals surface area contributed by atoms with Crippen LogP contribution in [0.4, 0.5) is 5.69 Å². The highest BCUT2D eigenvalue weighted by atomic mass is 35.5. The number of nitrogen functional groups attached to an aromatic ring is 1. The van der Waals surface area contributed by atoms with Crippen LogP contribution in [-0.4, -0.2) is 34.5 Å². The van der Waals surface area contributed by atoms with Gasteiger partial charge in [-0.15, -0.1) is 0 Å². The number of carbonyl (C=O) groups excluding carboxylic acids is 1. The molecule has 1 aliphatic heterocycles. The Morgan fingerprint density at radius 1 is 1.44 bits per heavy atom. The molecule has 18 heavy (non-hydrogen) atoms. The number of amides is 1. The zero-order valence-corrected chi connectivity index (χ0v) is 10.4. The largest absolute Gasteiger partial charge is 0.480 e. The summed E-state index contributed by atoms with van der Waals surface area (Å²) in [6.45, 7) is 0.441. The molecule has 1 aromatic carbocycles. The fourth-order valence-electron chi connectivity index (χ4n) is 2.13. The second kappa shape index (κ2) is 4.86. The lowest BCUT2D eigenvalue weighted by Crippen LogP contribution is -2.40. The van der Waals surface area contributed by atoms with Crippen molar-refractivity contribution in [2.75, 3.05) is 12.3 Å². The first-order valence-corrected chi connectivity index (χ1v) is 5.97. The second-order valence-electron chi connectivity index (χ2n) is 4.23. The van der Waals surface area contributed by atoms with Crippen molar-refractivity contribution in [1.82, 2.24) is 4.90 Å². The Morgan fingerprint density at radius 2 is 2.17 bits per heavy atom. The maximum absolute atomic E-state index is 12.2. The topological polar surface area (TPSA) is 83.6 Å². The minimum absolute atomic E-state index is 0.246. The molecule has 2 rings (SSSR count). The van der Waals surface area contributed by atoms with Gasteiger partial charge in [0.15, 0.2) is 0 Å². The molecule has 0 unspecified atom stereocenters. The summed E-state index contributed by atoms with van der Waals surface area (Å²) < 4.78 is 0. The van der Waals surface area contributed by atoms with E-state index < -0.39 is 12.0 Å². The van der Waals surface area contributed by atoms with Gasteiger partial charge in [0.25, 0.3) is 5.91 Å². The van der Waals surface area contributed by atoms with E-state index in [2.05, 4.69) is 0 Å². The average Bonchev–Trinajstić information content (AvgIpc) is 2.77. The van der Waals surface area contributed by atoms with E-state index in [1.165, 1.54) is 17.0 Å². The molecule has 0 radical (unpaired) electrons. The highest BCUT2D eigenvalue weighted by Gasteiger charge is 2.34. The monoisotopic (exact) mass is 268 g/mol. The van der Waals surface area contributed by atoms with Crippen molar-refractivity contribution in [2.45, 2.75) is 18.9 Å². The van der Waals surface area contributed by atoms with Gasteiger partial charge in [0.1, 0.15) is 6.04 Å². The average molecular weight is 269 g/mol. The van der Waals surface area contributed by atoms with Crippen molar-refractivity contribution in [2.24, 2.45) is 0 Å². The molecule has 0 aliphatic carbocycles. The standard InChI is InChI=1S/C12H13ClN2O3/c13-9-6-7(14)3-4-8(9)11(16)15-5-1-2-10(15)12(17)18/h3-4,6,10H,1-2,5,14H2,(H,17,18)/t10-/m1/s1. The van der Waals surface area contributed by atoms with E-state index in [0.717, 1.165) is 0 Å². The number of rotatable bonds is 2. The van der Waals surface area contributed by atoms with Gasteiger partial charge in [0.05, 0.1) is 10.6 Å². The normalized spacial score (nSPS) is 18.9. The fraction of sp³-hybridized carbons (Fsp3) is 0.333. The SMILES string of the molecule is Nc1ccc(C(=O)N2CCC[C@@H]2C(=O)O)c(Cl)c1. The maximum atomic E-state index is 12.2. The highest BCUT2D eigenvalue weighted by Crippen LogP contribution is 2.25. The third kappa shape index (κ3) is 2.26. The number of hydrogen-bond donors (Lipinski definition) is 2. The van der Waals surface area contributed by atoms with Gasteiger partial charge in [-0.25, -0.2) is 4.79 Å². The lowest BCUT2D eigenvalue weighted by molar-refractivity contribution is -0.141. The quantitative estimate of drug-likeness (QED) is 0.798. The molecular formula is C12H13ClN2O3. The van der Waals surface area contributed by atoms with Crippen LogP contribution in [-0.2, 0) is 4.79 Å². The number of hydrogen-bond acceptors (Lipinski definition) is 3. The van der Waals surface area contributed by atoms with Gasteiger partial charge in [0, 0.05) is 12.2 Å². The van der Waals surface area contributed by atoms with Crippen LogP contribution in [0.1, 0.15) is 23.2 Å². The molecular weight excluding hydrogens is 256 g/mol. The van der Waals surface area contributed by atoms with Crippen molar-refractivity contribution in [3.05, 3.63) is 28.8 Å². The molecule has 1 saturated heterocycles. The molecule has 0 spiro atoms. The first-order valence-electron chi connectivity index (χ1n) is 5.59. The van der Waals surface area contributed by atoms with E-state index in [9.17, 15) is 9.59 Å². The Bertz CT molecular complexity index is 504. The van der Waals surface area contributed by atoms with Crippen LogP contribution in [0.3, 0.4) is 0 Å². The molecule has 1 aliphatic rings. The number of nitrogens with two attached hydrogens (primary N) is 1. The van der Waals surface area contributed by atoms with Crippen LogP contribution >= 0.6 is 11.6 Å². The van der Waals surface area contributed by atoms with Crippen LogP contribution in [0.5, 0.6) is 0 Å². The van der Waals surface area contributed by atoms with Gasteiger partial charge in [0.2, 0.25) is 0 Å². The third-order valence-electron chi connectivity index (χ3n) is 3.02. The van der Waals surface area contributed by atoms with Crippen LogP contribution in [0.15, 0.2) is 18.2 Å². The van der Waals surface area contributed by atoms with E-state index in [4.69, 9.17) is 22.4 Å². The molecule has 0 aromatic heterocycles. The predicted molar refractivity (Wildman–Crippen MR) is 67.6 cm³/mol. The molecule has 96 valence electrons. The van der Waals surface area contributed by atoms with Gasteiger partial charge in [-0.1, -0.05) is 11.6 Å². The van der Waals surface area contributed by atoms with Gasteiger partial charge in [-0.2, -0.15) is 0 Å². The maximum Gasteiger partial charge on any atom is 0.326 e. The first-order chi connectivity index (χ1) is 8.50. The van der Waals surface area contributed by atoms with Crippen molar-refractivity contribution in [3.63, 3.8) is 0 Å². The van der Waals surface area contributed by atoms with Gasteiger partial charge < -0.3 is 15.7 Å². The number of likely N-dealkylation sites (tertiary alicyclic amines) is 1. The van der Waals surface area contributed by atoms with E-state index in [1.807, 2.05) is 0 Å². The summed E-state index contributed by atoms with van der Waals surface area (Å²) in [5.74, 6) is -1.34. The Balaban J connectivity index is 2.28. The van der Waals surface area contributed by atoms with Crippen molar-refractivity contribution < 1.29 is 14.7 Å². The summed E-state index contributed by atoms with van der Waals surface area (Å²) in [7, 11) is 0. The van der Waals surface area contributed by atoms with Gasteiger partial charge in [-0.3, -0.25) is 4.79 Å². The van der Waals surface area contributed by atoms with Crippen LogP contribution in [0, 0.1) is 0 Å². The number of anilines is 1. The van der Waals surface area contributed by atoms with E-state index in [-0.39, 0.29) is 10.9 Å². The predicted octanol–water partition coefficient (Wildman–Crippen LogP) is 1.61. The molecule has 1 amide bonds. The lowest BCUT2D eigenvalue weighted by atomic mass is 10.1. The molecule has 1 atom stereocenters. The number of benzene rings is 1. The minimum atomic E-state index is -0.979. The Hall–Kier alpha value is -1.75. The molecule has 1 heterocycles. The number of carboxylic acid groups (broad SMARTS) is 1. The van der Waals surface area contributed by atoms with Gasteiger partial charge >= 0.3 is 5.97 Å². The molecule has 6 heteroatoms. The Morgan fingerprint density at radius 3 is 2.78 bits per heavy atom. The minimum Gasteiger partial charge on any atom is -0.480 e. The van der Waals surface area contributed by atoms with Crippen LogP contribution < -0.4 is 5.73 Å². The van der Waals surface area contributed by atoms with Crippen LogP contribution in [0.25, 0.3) is 0 Å². The fourth-order valence-corrected chi connectivity index (χ4v) is 2.40. The van der Waals surface area contributed by atoms with Crippen LogP contribution in [0.2, 0.25) is 5.02 Å². The smallest absolute Gasteiger partial charge is 0.326 e. The highest BCUT2D eigenvalue weighted by molar-refractivity contribution is 6.34. The number of carboxylic acids is 1. The lowest BCUT2D eigenvalue weighted by Gasteiger charge is -2.22. The summed E-state index contributed by atoms with van der Waals surface area (Å²) in [6, 6.07) is 3.83. The second-order valence-corrected chi connectivity index (χ2v) is 4.64. The molecule has 3 N–H and O–H groups in total. The third-order valence-corrected chi connectivity index (χ3v) is 3.33.